The first-order valence-electron chi connectivity index (χ1n) is 3.92. The lowest BCUT2D eigenvalue weighted by atomic mass is 10.1. The predicted molar refractivity (Wildman–Crippen MR) is 53.2 cm³/mol. The number of hydrogen-bond donors (Lipinski definition) is 2. The summed E-state index contributed by atoms with van der Waals surface area (Å²) in [4.78, 5) is 11.3. The minimum Gasteiger partial charge on any atom is -0.495 e. The summed E-state index contributed by atoms with van der Waals surface area (Å²) in [5, 5.41) is 0. The predicted octanol–water partition coefficient (Wildman–Crippen LogP) is 0.646. The van der Waals surface area contributed by atoms with Crippen LogP contribution in [0.15, 0.2) is 12.1 Å². The van der Waals surface area contributed by atoms with Crippen molar-refractivity contribution in [3.05, 3.63) is 17.7 Å². The first-order chi connectivity index (χ1) is 6.61. The maximum absolute atomic E-state index is 11.3. The van der Waals surface area contributed by atoms with E-state index >= 15 is 0 Å². The van der Waals surface area contributed by atoms with Gasteiger partial charge in [-0.1, -0.05) is 0 Å². The number of hydrogen-bond acceptors (Lipinski definition) is 5. The molecule has 0 amide bonds. The summed E-state index contributed by atoms with van der Waals surface area (Å²) in [5.74, 6) is -0.168. The number of rotatable bonds is 2. The maximum atomic E-state index is 11.3. The molecule has 0 bridgehead atoms. The molecule has 0 saturated heterocycles. The van der Waals surface area contributed by atoms with Crippen LogP contribution in [0.1, 0.15) is 10.4 Å². The van der Waals surface area contributed by atoms with E-state index in [4.69, 9.17) is 16.2 Å². The van der Waals surface area contributed by atoms with Crippen LogP contribution in [0, 0.1) is 0 Å². The highest BCUT2D eigenvalue weighted by Crippen LogP contribution is 2.29. The Morgan fingerprint density at radius 3 is 2.43 bits per heavy atom. The molecule has 0 aliphatic carbocycles. The fraction of sp³-hybridized carbons (Fsp3) is 0.222. The van der Waals surface area contributed by atoms with Gasteiger partial charge in [-0.25, -0.2) is 4.79 Å². The molecular formula is C9H12N2O3. The number of esters is 1. The number of nitrogens with two attached hydrogens (primary N) is 2. The number of carbonyl (C=O) groups is 1. The normalized spacial score (nSPS) is 9.57. The molecule has 0 aliphatic rings. The Bertz CT molecular complexity index is 363. The molecule has 4 N–H and O–H groups in total. The molecule has 14 heavy (non-hydrogen) atoms. The lowest BCUT2D eigenvalue weighted by molar-refractivity contribution is 0.0603. The second-order valence-electron chi connectivity index (χ2n) is 2.64. The second kappa shape index (κ2) is 3.87. The van der Waals surface area contributed by atoms with Crippen LogP contribution >= 0.6 is 0 Å². The van der Waals surface area contributed by atoms with Gasteiger partial charge >= 0.3 is 5.97 Å². The smallest absolute Gasteiger partial charge is 0.342 e. The van der Waals surface area contributed by atoms with E-state index in [0.717, 1.165) is 0 Å². The van der Waals surface area contributed by atoms with Gasteiger partial charge in [-0.3, -0.25) is 0 Å². The Balaban J connectivity index is 3.32. The zero-order valence-electron chi connectivity index (χ0n) is 8.03. The zero-order chi connectivity index (χ0) is 10.7. The molecule has 1 aromatic carbocycles. The highest BCUT2D eigenvalue weighted by Gasteiger charge is 2.17. The van der Waals surface area contributed by atoms with E-state index in [1.165, 1.54) is 14.2 Å². The van der Waals surface area contributed by atoms with E-state index in [1.54, 1.807) is 12.1 Å². The van der Waals surface area contributed by atoms with Crippen LogP contribution in [0.5, 0.6) is 5.75 Å². The summed E-state index contributed by atoms with van der Waals surface area (Å²) in [5.41, 5.74) is 11.9. The van der Waals surface area contributed by atoms with Gasteiger partial charge in [0.1, 0.15) is 11.3 Å². The van der Waals surface area contributed by atoms with Crippen LogP contribution in [0.25, 0.3) is 0 Å². The molecule has 0 aliphatic heterocycles. The SMILES string of the molecule is COC(=O)c1c(N)ccc(OC)c1N. The second-order valence-corrected chi connectivity index (χ2v) is 2.64. The molecule has 1 aromatic rings. The Hall–Kier alpha value is -1.91. The van der Waals surface area contributed by atoms with Crippen molar-refractivity contribution >= 4 is 17.3 Å². The third kappa shape index (κ3) is 1.56. The maximum Gasteiger partial charge on any atom is 0.342 e. The molecule has 5 heteroatoms. The third-order valence-corrected chi connectivity index (χ3v) is 1.85. The summed E-state index contributed by atoms with van der Waals surface area (Å²) in [6.07, 6.45) is 0. The molecule has 0 radical (unpaired) electrons. The molecule has 0 heterocycles. The molecule has 0 saturated carbocycles. The van der Waals surface area contributed by atoms with E-state index in [1.807, 2.05) is 0 Å². The standard InChI is InChI=1S/C9H12N2O3/c1-13-6-4-3-5(10)7(8(6)11)9(12)14-2/h3-4H,10-11H2,1-2H3. The fourth-order valence-corrected chi connectivity index (χ4v) is 1.13. The molecular weight excluding hydrogens is 184 g/mol. The summed E-state index contributed by atoms with van der Waals surface area (Å²) in [7, 11) is 2.73. The minimum absolute atomic E-state index is 0.145. The van der Waals surface area contributed by atoms with Crippen molar-refractivity contribution in [3.63, 3.8) is 0 Å². The fourth-order valence-electron chi connectivity index (χ4n) is 1.13. The summed E-state index contributed by atoms with van der Waals surface area (Å²) < 4.78 is 9.49. The number of ether oxygens (including phenoxy) is 2. The Kier molecular flexibility index (Phi) is 2.81. The van der Waals surface area contributed by atoms with Gasteiger partial charge in [-0.15, -0.1) is 0 Å². The average Bonchev–Trinajstić information content (AvgIpc) is 2.18. The van der Waals surface area contributed by atoms with Gasteiger partial charge in [-0.05, 0) is 12.1 Å². The van der Waals surface area contributed by atoms with Crippen LogP contribution in [0.2, 0.25) is 0 Å². The molecule has 0 aromatic heterocycles. The van der Waals surface area contributed by atoms with E-state index in [0.29, 0.717) is 5.75 Å². The number of carbonyl (C=O) groups excluding carboxylic acids is 1. The Labute approximate surface area is 81.6 Å². The molecule has 0 fully saturated rings. The largest absolute Gasteiger partial charge is 0.495 e. The van der Waals surface area contributed by atoms with Gasteiger partial charge < -0.3 is 20.9 Å². The van der Waals surface area contributed by atoms with Crippen LogP contribution in [0.3, 0.4) is 0 Å². The van der Waals surface area contributed by atoms with Crippen molar-refractivity contribution in [2.45, 2.75) is 0 Å². The van der Waals surface area contributed by atoms with Crippen LogP contribution in [0.4, 0.5) is 11.4 Å². The molecule has 0 spiro atoms. The topological polar surface area (TPSA) is 87.6 Å². The minimum atomic E-state index is -0.570. The Morgan fingerprint density at radius 2 is 1.93 bits per heavy atom. The lowest BCUT2D eigenvalue weighted by Gasteiger charge is -2.10. The van der Waals surface area contributed by atoms with Crippen molar-refractivity contribution in [2.24, 2.45) is 0 Å². The van der Waals surface area contributed by atoms with Crippen molar-refractivity contribution in [1.29, 1.82) is 0 Å². The van der Waals surface area contributed by atoms with E-state index < -0.39 is 5.97 Å². The monoisotopic (exact) mass is 196 g/mol. The van der Waals surface area contributed by atoms with Crippen LogP contribution < -0.4 is 16.2 Å². The summed E-state index contributed by atoms with van der Waals surface area (Å²) >= 11 is 0. The number of anilines is 2. The van der Waals surface area contributed by atoms with Gasteiger partial charge in [0, 0.05) is 5.69 Å². The van der Waals surface area contributed by atoms with Crippen molar-refractivity contribution < 1.29 is 14.3 Å². The quantitative estimate of drug-likeness (QED) is 0.535. The molecule has 0 unspecified atom stereocenters. The average molecular weight is 196 g/mol. The molecule has 0 atom stereocenters. The number of benzene rings is 1. The van der Waals surface area contributed by atoms with Gasteiger partial charge in [0.15, 0.2) is 0 Å². The first-order valence-corrected chi connectivity index (χ1v) is 3.92. The van der Waals surface area contributed by atoms with Crippen LogP contribution in [-0.2, 0) is 4.74 Å². The number of nitrogen functional groups attached to an aromatic ring is 2. The van der Waals surface area contributed by atoms with E-state index in [9.17, 15) is 4.79 Å². The van der Waals surface area contributed by atoms with Gasteiger partial charge in [0.2, 0.25) is 0 Å². The van der Waals surface area contributed by atoms with Gasteiger partial charge in [0.25, 0.3) is 0 Å². The van der Waals surface area contributed by atoms with Crippen molar-refractivity contribution in [1.82, 2.24) is 0 Å². The lowest BCUT2D eigenvalue weighted by Crippen LogP contribution is -2.10. The molecule has 76 valence electrons. The number of methoxy groups -OCH3 is 2. The van der Waals surface area contributed by atoms with E-state index in [2.05, 4.69) is 4.74 Å². The van der Waals surface area contributed by atoms with E-state index in [-0.39, 0.29) is 16.9 Å². The first kappa shape index (κ1) is 10.2. The van der Waals surface area contributed by atoms with Crippen molar-refractivity contribution in [2.75, 3.05) is 25.7 Å². The highest BCUT2D eigenvalue weighted by atomic mass is 16.5. The zero-order valence-corrected chi connectivity index (χ0v) is 8.03. The molecule has 5 nitrogen and oxygen atoms in total. The summed E-state index contributed by atoms with van der Waals surface area (Å²) in [6, 6.07) is 3.14. The van der Waals surface area contributed by atoms with Crippen molar-refractivity contribution in [3.8, 4) is 5.75 Å². The summed E-state index contributed by atoms with van der Waals surface area (Å²) in [6.45, 7) is 0. The highest BCUT2D eigenvalue weighted by molar-refractivity contribution is 6.01. The van der Waals surface area contributed by atoms with Crippen LogP contribution in [-0.4, -0.2) is 20.2 Å². The Morgan fingerprint density at radius 1 is 1.29 bits per heavy atom. The third-order valence-electron chi connectivity index (χ3n) is 1.85. The van der Waals surface area contributed by atoms with Gasteiger partial charge in [-0.2, -0.15) is 0 Å². The molecule has 1 rings (SSSR count). The van der Waals surface area contributed by atoms with Gasteiger partial charge in [0.05, 0.1) is 19.9 Å².